The first-order valence-corrected chi connectivity index (χ1v) is 7.18. The molecule has 0 saturated heterocycles. The third-order valence-corrected chi connectivity index (χ3v) is 3.84. The van der Waals surface area contributed by atoms with Gasteiger partial charge >= 0.3 is 0 Å². The van der Waals surface area contributed by atoms with E-state index in [1.54, 1.807) is 25.1 Å². The van der Waals surface area contributed by atoms with Crippen molar-refractivity contribution in [3.63, 3.8) is 0 Å². The number of nitrogens with zero attached hydrogens (tertiary/aromatic N) is 2. The molecule has 8 heteroatoms. The predicted octanol–water partition coefficient (Wildman–Crippen LogP) is 3.97. The number of hydrogen-bond acceptors (Lipinski definition) is 4. The van der Waals surface area contributed by atoms with Gasteiger partial charge in [-0.1, -0.05) is 35.3 Å². The Balaban J connectivity index is 2.10. The first kappa shape index (κ1) is 16.9. The van der Waals surface area contributed by atoms with E-state index in [0.29, 0.717) is 21.2 Å². The summed E-state index contributed by atoms with van der Waals surface area (Å²) in [5, 5.41) is 15.3. The number of carbonyl (C=O) groups excluding carboxylic acids is 1. The molecular formula is C15H11Cl2N3O3. The van der Waals surface area contributed by atoms with Crippen molar-refractivity contribution in [2.75, 3.05) is 0 Å². The second kappa shape index (κ2) is 7.21. The number of nitro groups is 1. The van der Waals surface area contributed by atoms with Crippen molar-refractivity contribution in [2.24, 2.45) is 5.10 Å². The number of amides is 1. The van der Waals surface area contributed by atoms with Crippen LogP contribution in [0.2, 0.25) is 10.0 Å². The van der Waals surface area contributed by atoms with Crippen LogP contribution in [-0.2, 0) is 0 Å². The Bertz CT molecular complexity index is 807. The van der Waals surface area contributed by atoms with Crippen molar-refractivity contribution < 1.29 is 9.72 Å². The van der Waals surface area contributed by atoms with E-state index in [0.717, 1.165) is 0 Å². The summed E-state index contributed by atoms with van der Waals surface area (Å²) in [5.74, 6) is -0.489. The number of rotatable bonds is 4. The van der Waals surface area contributed by atoms with Crippen LogP contribution in [0.3, 0.4) is 0 Å². The quantitative estimate of drug-likeness (QED) is 0.513. The molecule has 0 radical (unpaired) electrons. The molecule has 1 amide bonds. The van der Waals surface area contributed by atoms with Crippen LogP contribution in [0.25, 0.3) is 0 Å². The van der Waals surface area contributed by atoms with Gasteiger partial charge < -0.3 is 0 Å². The summed E-state index contributed by atoms with van der Waals surface area (Å²) in [4.78, 5) is 22.2. The molecule has 0 spiro atoms. The lowest BCUT2D eigenvalue weighted by atomic mass is 10.1. The lowest BCUT2D eigenvalue weighted by molar-refractivity contribution is -0.385. The monoisotopic (exact) mass is 351 g/mol. The minimum atomic E-state index is -0.504. The first-order valence-electron chi connectivity index (χ1n) is 6.42. The van der Waals surface area contributed by atoms with E-state index >= 15 is 0 Å². The van der Waals surface area contributed by atoms with Crippen molar-refractivity contribution >= 4 is 41.0 Å². The van der Waals surface area contributed by atoms with Gasteiger partial charge in [-0.25, -0.2) is 5.43 Å². The molecular weight excluding hydrogens is 341 g/mol. The van der Waals surface area contributed by atoms with Crippen LogP contribution in [-0.4, -0.2) is 17.0 Å². The number of nitrogens with one attached hydrogen (secondary N) is 1. The molecule has 0 atom stereocenters. The fourth-order valence-corrected chi connectivity index (χ4v) is 2.20. The van der Waals surface area contributed by atoms with Gasteiger partial charge in [-0.3, -0.25) is 14.9 Å². The van der Waals surface area contributed by atoms with Crippen LogP contribution < -0.4 is 5.43 Å². The molecule has 0 aliphatic carbocycles. The van der Waals surface area contributed by atoms with E-state index in [-0.39, 0.29) is 11.3 Å². The Labute approximate surface area is 141 Å². The molecule has 2 aromatic carbocycles. The van der Waals surface area contributed by atoms with Crippen LogP contribution in [0.1, 0.15) is 21.5 Å². The van der Waals surface area contributed by atoms with E-state index in [4.69, 9.17) is 23.2 Å². The number of benzene rings is 2. The third kappa shape index (κ3) is 4.06. The summed E-state index contributed by atoms with van der Waals surface area (Å²) in [6.45, 7) is 1.56. The normalized spacial score (nSPS) is 10.7. The molecule has 2 rings (SSSR count). The summed E-state index contributed by atoms with van der Waals surface area (Å²) >= 11 is 11.9. The molecule has 0 aromatic heterocycles. The van der Waals surface area contributed by atoms with Crippen molar-refractivity contribution in [1.29, 1.82) is 0 Å². The van der Waals surface area contributed by atoms with E-state index in [1.165, 1.54) is 24.4 Å². The largest absolute Gasteiger partial charge is 0.272 e. The molecule has 0 fully saturated rings. The van der Waals surface area contributed by atoms with Gasteiger partial charge in [0.1, 0.15) is 0 Å². The Hall–Kier alpha value is -2.44. The molecule has 0 aliphatic heterocycles. The SMILES string of the molecule is Cc1cc(C(=O)N/N=C/c2cccc(Cl)c2Cl)ccc1[N+](=O)[O-]. The zero-order valence-corrected chi connectivity index (χ0v) is 13.4. The summed E-state index contributed by atoms with van der Waals surface area (Å²) < 4.78 is 0. The Morgan fingerprint density at radius 2 is 2.04 bits per heavy atom. The molecule has 0 unspecified atom stereocenters. The van der Waals surface area contributed by atoms with Crippen molar-refractivity contribution in [3.05, 3.63) is 73.2 Å². The highest BCUT2D eigenvalue weighted by Crippen LogP contribution is 2.24. The Morgan fingerprint density at radius 1 is 1.30 bits per heavy atom. The number of hydrazone groups is 1. The molecule has 0 saturated carbocycles. The van der Waals surface area contributed by atoms with Crippen LogP contribution in [0.5, 0.6) is 0 Å². The second-order valence-electron chi connectivity index (χ2n) is 4.60. The summed E-state index contributed by atoms with van der Waals surface area (Å²) in [6.07, 6.45) is 1.37. The van der Waals surface area contributed by atoms with Gasteiger partial charge in [0, 0.05) is 22.8 Å². The maximum absolute atomic E-state index is 12.0. The van der Waals surface area contributed by atoms with E-state index in [1.807, 2.05) is 0 Å². The molecule has 1 N–H and O–H groups in total. The summed E-state index contributed by atoms with van der Waals surface area (Å²) in [7, 11) is 0. The summed E-state index contributed by atoms with van der Waals surface area (Å²) in [5.41, 5.74) is 3.50. The highest BCUT2D eigenvalue weighted by atomic mass is 35.5. The molecule has 23 heavy (non-hydrogen) atoms. The van der Waals surface area contributed by atoms with Crippen molar-refractivity contribution in [2.45, 2.75) is 6.92 Å². The highest BCUT2D eigenvalue weighted by molar-refractivity contribution is 6.43. The second-order valence-corrected chi connectivity index (χ2v) is 5.39. The van der Waals surface area contributed by atoms with Crippen molar-refractivity contribution in [3.8, 4) is 0 Å². The number of hydrogen-bond donors (Lipinski definition) is 1. The van der Waals surface area contributed by atoms with Crippen LogP contribution in [0.4, 0.5) is 5.69 Å². The molecule has 0 bridgehead atoms. The Kier molecular flexibility index (Phi) is 5.31. The van der Waals surface area contributed by atoms with Crippen LogP contribution >= 0.6 is 23.2 Å². The van der Waals surface area contributed by atoms with Gasteiger partial charge in [0.05, 0.1) is 21.2 Å². The Morgan fingerprint density at radius 3 is 2.70 bits per heavy atom. The minimum Gasteiger partial charge on any atom is -0.267 e. The smallest absolute Gasteiger partial charge is 0.267 e. The van der Waals surface area contributed by atoms with E-state index in [9.17, 15) is 14.9 Å². The first-order chi connectivity index (χ1) is 10.9. The molecule has 118 valence electrons. The summed E-state index contributed by atoms with van der Waals surface area (Å²) in [6, 6.07) is 9.11. The number of nitro benzene ring substituents is 1. The van der Waals surface area contributed by atoms with Gasteiger partial charge in [0.15, 0.2) is 0 Å². The maximum atomic E-state index is 12.0. The van der Waals surface area contributed by atoms with E-state index < -0.39 is 10.8 Å². The van der Waals surface area contributed by atoms with Gasteiger partial charge in [-0.15, -0.1) is 0 Å². The van der Waals surface area contributed by atoms with Gasteiger partial charge in [-0.05, 0) is 25.1 Å². The predicted molar refractivity (Wildman–Crippen MR) is 89.4 cm³/mol. The molecule has 2 aromatic rings. The molecule has 6 nitrogen and oxygen atoms in total. The average molecular weight is 352 g/mol. The lowest BCUT2D eigenvalue weighted by Crippen LogP contribution is -2.17. The minimum absolute atomic E-state index is 0.0456. The van der Waals surface area contributed by atoms with Gasteiger partial charge in [-0.2, -0.15) is 5.10 Å². The third-order valence-electron chi connectivity index (χ3n) is 3.01. The van der Waals surface area contributed by atoms with Crippen LogP contribution in [0.15, 0.2) is 41.5 Å². The zero-order valence-electron chi connectivity index (χ0n) is 11.9. The van der Waals surface area contributed by atoms with Crippen molar-refractivity contribution in [1.82, 2.24) is 5.43 Å². The molecule has 0 aliphatic rings. The topological polar surface area (TPSA) is 84.6 Å². The lowest BCUT2D eigenvalue weighted by Gasteiger charge is -2.03. The number of halogens is 2. The van der Waals surface area contributed by atoms with Gasteiger partial charge in [0.25, 0.3) is 11.6 Å². The molecule has 0 heterocycles. The fraction of sp³-hybridized carbons (Fsp3) is 0.0667. The average Bonchev–Trinajstić information content (AvgIpc) is 2.50. The fourth-order valence-electron chi connectivity index (χ4n) is 1.85. The number of carbonyl (C=O) groups is 1. The van der Waals surface area contributed by atoms with E-state index in [2.05, 4.69) is 10.5 Å². The standard InChI is InChI=1S/C15H11Cl2N3O3/c1-9-7-10(5-6-13(9)20(22)23)15(21)19-18-8-11-3-2-4-12(16)14(11)17/h2-8H,1H3,(H,19,21)/b18-8+. The maximum Gasteiger partial charge on any atom is 0.272 e. The van der Waals surface area contributed by atoms with Gasteiger partial charge in [0.2, 0.25) is 0 Å². The highest BCUT2D eigenvalue weighted by Gasteiger charge is 2.13. The zero-order chi connectivity index (χ0) is 17.0. The van der Waals surface area contributed by atoms with Crippen LogP contribution in [0, 0.1) is 17.0 Å². The number of aryl methyl sites for hydroxylation is 1.